The Morgan fingerprint density at radius 2 is 1.92 bits per heavy atom. The standard InChI is InChI=1S/C18H19FN4O2S/c1-3-13(2)14-4-7-16(8-5-14)26(24,25)22-15-6-9-18(17(19)10-15)23-12-20-11-21-23/h4-13,22H,3H2,1-2H3. The van der Waals surface area contributed by atoms with Crippen LogP contribution in [-0.2, 0) is 10.0 Å². The molecule has 0 fully saturated rings. The fraction of sp³-hybridized carbons (Fsp3) is 0.222. The average molecular weight is 374 g/mol. The molecule has 0 aliphatic carbocycles. The summed E-state index contributed by atoms with van der Waals surface area (Å²) in [4.78, 5) is 3.89. The fourth-order valence-electron chi connectivity index (χ4n) is 2.51. The van der Waals surface area contributed by atoms with Crippen LogP contribution in [0.4, 0.5) is 10.1 Å². The van der Waals surface area contributed by atoms with Crippen LogP contribution in [0.15, 0.2) is 60.0 Å². The van der Waals surface area contributed by atoms with Gasteiger partial charge >= 0.3 is 0 Å². The molecular weight excluding hydrogens is 355 g/mol. The summed E-state index contributed by atoms with van der Waals surface area (Å²) in [6, 6.07) is 10.8. The Bertz CT molecular complexity index is 987. The lowest BCUT2D eigenvalue weighted by Crippen LogP contribution is -2.13. The maximum atomic E-state index is 14.2. The van der Waals surface area contributed by atoms with Gasteiger partial charge in [-0.25, -0.2) is 22.5 Å². The number of hydrogen-bond acceptors (Lipinski definition) is 4. The van der Waals surface area contributed by atoms with Gasteiger partial charge in [0.2, 0.25) is 0 Å². The highest BCUT2D eigenvalue weighted by Crippen LogP contribution is 2.23. The molecule has 0 aliphatic rings. The number of sulfonamides is 1. The van der Waals surface area contributed by atoms with E-state index in [0.29, 0.717) is 5.92 Å². The molecule has 0 amide bonds. The monoisotopic (exact) mass is 374 g/mol. The van der Waals surface area contributed by atoms with Crippen LogP contribution in [0, 0.1) is 5.82 Å². The Balaban J connectivity index is 1.82. The van der Waals surface area contributed by atoms with Gasteiger partial charge in [-0.3, -0.25) is 4.72 Å². The van der Waals surface area contributed by atoms with E-state index in [-0.39, 0.29) is 16.3 Å². The van der Waals surface area contributed by atoms with E-state index in [9.17, 15) is 12.8 Å². The molecular formula is C18H19FN4O2S. The molecule has 0 bridgehead atoms. The van der Waals surface area contributed by atoms with Crippen molar-refractivity contribution in [2.24, 2.45) is 0 Å². The summed E-state index contributed by atoms with van der Waals surface area (Å²) in [5.41, 5.74) is 1.40. The van der Waals surface area contributed by atoms with Crippen LogP contribution in [0.2, 0.25) is 0 Å². The van der Waals surface area contributed by atoms with Crippen LogP contribution in [0.5, 0.6) is 0 Å². The van der Waals surface area contributed by atoms with Gasteiger partial charge in [-0.1, -0.05) is 26.0 Å². The van der Waals surface area contributed by atoms with Gasteiger partial charge in [-0.15, -0.1) is 0 Å². The van der Waals surface area contributed by atoms with E-state index in [1.807, 2.05) is 0 Å². The number of nitrogens with one attached hydrogen (secondary N) is 1. The third-order valence-corrected chi connectivity index (χ3v) is 5.63. The summed E-state index contributed by atoms with van der Waals surface area (Å²) >= 11 is 0. The zero-order valence-corrected chi connectivity index (χ0v) is 15.2. The van der Waals surface area contributed by atoms with Crippen molar-refractivity contribution < 1.29 is 12.8 Å². The predicted molar refractivity (Wildman–Crippen MR) is 97.3 cm³/mol. The van der Waals surface area contributed by atoms with Crippen molar-refractivity contribution in [1.82, 2.24) is 14.8 Å². The minimum atomic E-state index is -3.80. The summed E-state index contributed by atoms with van der Waals surface area (Å²) in [5.74, 6) is -0.249. The van der Waals surface area contributed by atoms with Crippen molar-refractivity contribution in [3.63, 3.8) is 0 Å². The molecule has 0 spiro atoms. The molecule has 6 nitrogen and oxygen atoms in total. The van der Waals surface area contributed by atoms with Gasteiger partial charge in [0.25, 0.3) is 10.0 Å². The van der Waals surface area contributed by atoms with Gasteiger partial charge in [0.1, 0.15) is 18.3 Å². The van der Waals surface area contributed by atoms with E-state index < -0.39 is 15.8 Å². The first-order valence-electron chi connectivity index (χ1n) is 8.18. The second-order valence-electron chi connectivity index (χ2n) is 5.99. The third kappa shape index (κ3) is 3.75. The molecule has 136 valence electrons. The first-order valence-corrected chi connectivity index (χ1v) is 9.66. The molecule has 1 N–H and O–H groups in total. The summed E-state index contributed by atoms with van der Waals surface area (Å²) < 4.78 is 42.9. The van der Waals surface area contributed by atoms with Gasteiger partial charge in [0.05, 0.1) is 10.6 Å². The highest BCUT2D eigenvalue weighted by Gasteiger charge is 2.16. The van der Waals surface area contributed by atoms with Crippen LogP contribution in [0.25, 0.3) is 5.69 Å². The van der Waals surface area contributed by atoms with Crippen molar-refractivity contribution in [2.75, 3.05) is 4.72 Å². The van der Waals surface area contributed by atoms with Crippen molar-refractivity contribution in [2.45, 2.75) is 31.1 Å². The van der Waals surface area contributed by atoms with E-state index in [1.165, 1.54) is 29.5 Å². The highest BCUT2D eigenvalue weighted by molar-refractivity contribution is 7.92. The zero-order chi connectivity index (χ0) is 18.7. The topological polar surface area (TPSA) is 76.9 Å². The average Bonchev–Trinajstić information content (AvgIpc) is 3.15. The molecule has 3 aromatic rings. The Morgan fingerprint density at radius 3 is 2.50 bits per heavy atom. The Labute approximate surface area is 151 Å². The first kappa shape index (κ1) is 18.1. The van der Waals surface area contributed by atoms with Gasteiger partial charge < -0.3 is 0 Å². The fourth-order valence-corrected chi connectivity index (χ4v) is 3.56. The second kappa shape index (κ2) is 7.25. The van der Waals surface area contributed by atoms with Crippen molar-refractivity contribution in [1.29, 1.82) is 0 Å². The summed E-state index contributed by atoms with van der Waals surface area (Å²) in [7, 11) is -3.80. The highest BCUT2D eigenvalue weighted by atomic mass is 32.2. The quantitative estimate of drug-likeness (QED) is 0.713. The van der Waals surface area contributed by atoms with Crippen LogP contribution < -0.4 is 4.72 Å². The molecule has 0 saturated carbocycles. The number of rotatable bonds is 6. The van der Waals surface area contributed by atoms with Gasteiger partial charge in [0, 0.05) is 6.07 Å². The Hall–Kier alpha value is -2.74. The molecule has 3 rings (SSSR count). The lowest BCUT2D eigenvalue weighted by molar-refractivity contribution is 0.600. The molecule has 26 heavy (non-hydrogen) atoms. The molecule has 1 unspecified atom stereocenters. The van der Waals surface area contributed by atoms with Crippen molar-refractivity contribution in [3.05, 3.63) is 66.5 Å². The molecule has 0 aliphatic heterocycles. The summed E-state index contributed by atoms with van der Waals surface area (Å²) in [6.45, 7) is 4.16. The lowest BCUT2D eigenvalue weighted by Gasteiger charge is -2.12. The smallest absolute Gasteiger partial charge is 0.261 e. The normalized spacial score (nSPS) is 12.7. The molecule has 1 heterocycles. The minimum Gasteiger partial charge on any atom is -0.280 e. The molecule has 2 aromatic carbocycles. The molecule has 1 aromatic heterocycles. The molecule has 0 radical (unpaired) electrons. The number of aromatic nitrogens is 3. The number of nitrogens with zero attached hydrogens (tertiary/aromatic N) is 3. The van der Waals surface area contributed by atoms with E-state index >= 15 is 0 Å². The van der Waals surface area contributed by atoms with E-state index in [0.717, 1.165) is 18.1 Å². The van der Waals surface area contributed by atoms with Crippen molar-refractivity contribution >= 4 is 15.7 Å². The maximum absolute atomic E-state index is 14.2. The molecule has 8 heteroatoms. The van der Waals surface area contributed by atoms with Crippen molar-refractivity contribution in [3.8, 4) is 5.69 Å². The van der Waals surface area contributed by atoms with E-state index in [1.54, 1.807) is 24.3 Å². The number of halogens is 1. The number of hydrogen-bond donors (Lipinski definition) is 1. The predicted octanol–water partition coefficient (Wildman–Crippen LogP) is 3.72. The zero-order valence-electron chi connectivity index (χ0n) is 14.4. The van der Waals surface area contributed by atoms with Crippen LogP contribution in [-0.4, -0.2) is 23.2 Å². The van der Waals surface area contributed by atoms with E-state index in [2.05, 4.69) is 28.7 Å². The Kier molecular flexibility index (Phi) is 5.03. The Morgan fingerprint density at radius 1 is 1.19 bits per heavy atom. The molecule has 1 atom stereocenters. The van der Waals surface area contributed by atoms with E-state index in [4.69, 9.17) is 0 Å². The summed E-state index contributed by atoms with van der Waals surface area (Å²) in [5, 5.41) is 3.86. The largest absolute Gasteiger partial charge is 0.280 e. The minimum absolute atomic E-state index is 0.130. The maximum Gasteiger partial charge on any atom is 0.261 e. The van der Waals surface area contributed by atoms with Crippen LogP contribution in [0.1, 0.15) is 31.7 Å². The third-order valence-electron chi connectivity index (χ3n) is 4.24. The van der Waals surface area contributed by atoms with Crippen LogP contribution >= 0.6 is 0 Å². The van der Waals surface area contributed by atoms with Crippen LogP contribution in [0.3, 0.4) is 0 Å². The van der Waals surface area contributed by atoms with Gasteiger partial charge in [0.15, 0.2) is 5.82 Å². The lowest BCUT2D eigenvalue weighted by atomic mass is 9.99. The van der Waals surface area contributed by atoms with Gasteiger partial charge in [-0.2, -0.15) is 5.10 Å². The second-order valence-corrected chi connectivity index (χ2v) is 7.67. The first-order chi connectivity index (χ1) is 12.4. The summed E-state index contributed by atoms with van der Waals surface area (Å²) in [6.07, 6.45) is 3.63. The van der Waals surface area contributed by atoms with Gasteiger partial charge in [-0.05, 0) is 42.2 Å². The number of anilines is 1. The SMILES string of the molecule is CCC(C)c1ccc(S(=O)(=O)Nc2ccc(-n3cncn3)c(F)c2)cc1. The molecule has 0 saturated heterocycles. The number of benzene rings is 2.